The van der Waals surface area contributed by atoms with Gasteiger partial charge in [-0.25, -0.2) is 4.98 Å². The van der Waals surface area contributed by atoms with E-state index in [1.54, 1.807) is 0 Å². The van der Waals surface area contributed by atoms with Crippen LogP contribution in [0, 0.1) is 10.1 Å². The number of thioether (sulfide) groups is 1. The summed E-state index contributed by atoms with van der Waals surface area (Å²) < 4.78 is 0. The Balaban J connectivity index is 2.52. The van der Waals surface area contributed by atoms with Crippen LogP contribution in [0.3, 0.4) is 0 Å². The van der Waals surface area contributed by atoms with Gasteiger partial charge in [0.1, 0.15) is 6.20 Å². The SMILES string of the molecule is CC(CCO)Sc1c([N+](=O)[O-])cnc2ccccc12. The van der Waals surface area contributed by atoms with Gasteiger partial charge < -0.3 is 5.11 Å². The number of hydrogen-bond donors (Lipinski definition) is 1. The Bertz CT molecular complexity index is 603. The van der Waals surface area contributed by atoms with Gasteiger partial charge in [0, 0.05) is 17.2 Å². The molecule has 1 atom stereocenters. The van der Waals surface area contributed by atoms with Gasteiger partial charge in [0.05, 0.1) is 15.3 Å². The molecule has 1 heterocycles. The largest absolute Gasteiger partial charge is 0.396 e. The van der Waals surface area contributed by atoms with Gasteiger partial charge in [-0.3, -0.25) is 10.1 Å². The van der Waals surface area contributed by atoms with E-state index in [9.17, 15) is 10.1 Å². The Labute approximate surface area is 114 Å². The molecule has 1 aromatic carbocycles. The lowest BCUT2D eigenvalue weighted by molar-refractivity contribution is -0.387. The topological polar surface area (TPSA) is 76.3 Å². The van der Waals surface area contributed by atoms with E-state index in [1.807, 2.05) is 31.2 Å². The number of nitrogens with zero attached hydrogens (tertiary/aromatic N) is 2. The van der Waals surface area contributed by atoms with Crippen molar-refractivity contribution in [2.45, 2.75) is 23.5 Å². The van der Waals surface area contributed by atoms with Crippen LogP contribution in [0.25, 0.3) is 10.9 Å². The first-order valence-corrected chi connectivity index (χ1v) is 6.81. The Morgan fingerprint density at radius 1 is 1.47 bits per heavy atom. The van der Waals surface area contributed by atoms with Gasteiger partial charge in [0.2, 0.25) is 0 Å². The molecule has 0 radical (unpaired) electrons. The maximum atomic E-state index is 11.1. The van der Waals surface area contributed by atoms with E-state index in [1.165, 1.54) is 18.0 Å². The monoisotopic (exact) mass is 278 g/mol. The lowest BCUT2D eigenvalue weighted by atomic mass is 10.2. The summed E-state index contributed by atoms with van der Waals surface area (Å²) in [6.45, 7) is 2.02. The van der Waals surface area contributed by atoms with E-state index in [2.05, 4.69) is 4.98 Å². The third-order valence-electron chi connectivity index (χ3n) is 2.76. The Hall–Kier alpha value is -1.66. The van der Waals surface area contributed by atoms with Crippen molar-refractivity contribution in [3.05, 3.63) is 40.6 Å². The van der Waals surface area contributed by atoms with Crippen LogP contribution in [0.4, 0.5) is 5.69 Å². The summed E-state index contributed by atoms with van der Waals surface area (Å²) in [5, 5.41) is 20.9. The smallest absolute Gasteiger partial charge is 0.301 e. The van der Waals surface area contributed by atoms with Crippen LogP contribution in [0.2, 0.25) is 0 Å². The highest BCUT2D eigenvalue weighted by atomic mass is 32.2. The molecular formula is C13H14N2O3S. The summed E-state index contributed by atoms with van der Waals surface area (Å²) in [6.07, 6.45) is 1.90. The first-order chi connectivity index (χ1) is 9.13. The number of rotatable bonds is 5. The Morgan fingerprint density at radius 3 is 2.89 bits per heavy atom. The summed E-state index contributed by atoms with van der Waals surface area (Å²) in [4.78, 5) is 15.4. The maximum absolute atomic E-state index is 11.1. The number of aliphatic hydroxyl groups is 1. The minimum Gasteiger partial charge on any atom is -0.396 e. The fourth-order valence-corrected chi connectivity index (χ4v) is 2.97. The van der Waals surface area contributed by atoms with Crippen molar-refractivity contribution in [3.8, 4) is 0 Å². The van der Waals surface area contributed by atoms with Gasteiger partial charge in [-0.15, -0.1) is 11.8 Å². The number of fused-ring (bicyclic) bond motifs is 1. The Morgan fingerprint density at radius 2 is 2.21 bits per heavy atom. The van der Waals surface area contributed by atoms with Gasteiger partial charge in [-0.1, -0.05) is 25.1 Å². The van der Waals surface area contributed by atoms with Gasteiger partial charge in [0.15, 0.2) is 0 Å². The molecule has 0 spiro atoms. The molecule has 0 aliphatic heterocycles. The highest BCUT2D eigenvalue weighted by Gasteiger charge is 2.20. The summed E-state index contributed by atoms with van der Waals surface area (Å²) in [6, 6.07) is 7.37. The first kappa shape index (κ1) is 13.8. The standard InChI is InChI=1S/C13H14N2O3S/c1-9(6-7-16)19-13-10-4-2-3-5-11(10)14-8-12(13)15(17)18/h2-5,8-9,16H,6-7H2,1H3. The number of aliphatic hydroxyl groups excluding tert-OH is 1. The van der Waals surface area contributed by atoms with Gasteiger partial charge >= 0.3 is 5.69 Å². The van der Waals surface area contributed by atoms with Crippen LogP contribution in [0.15, 0.2) is 35.4 Å². The zero-order chi connectivity index (χ0) is 13.8. The molecule has 2 rings (SSSR count). The van der Waals surface area contributed by atoms with Crippen LogP contribution in [-0.2, 0) is 0 Å². The maximum Gasteiger partial charge on any atom is 0.301 e. The number of benzene rings is 1. The normalized spacial score (nSPS) is 12.5. The fraction of sp³-hybridized carbons (Fsp3) is 0.308. The van der Waals surface area contributed by atoms with Gasteiger partial charge in [-0.2, -0.15) is 0 Å². The number of para-hydroxylation sites is 1. The van der Waals surface area contributed by atoms with E-state index < -0.39 is 4.92 Å². The second-order valence-corrected chi connectivity index (χ2v) is 5.64. The molecule has 2 aromatic rings. The fourth-order valence-electron chi connectivity index (χ4n) is 1.80. The number of hydrogen-bond acceptors (Lipinski definition) is 5. The van der Waals surface area contributed by atoms with Gasteiger partial charge in [0.25, 0.3) is 0 Å². The zero-order valence-electron chi connectivity index (χ0n) is 10.4. The quantitative estimate of drug-likeness (QED) is 0.517. The molecule has 0 saturated heterocycles. The molecule has 1 N–H and O–H groups in total. The zero-order valence-corrected chi connectivity index (χ0v) is 11.3. The average Bonchev–Trinajstić information content (AvgIpc) is 2.39. The van der Waals surface area contributed by atoms with Crippen molar-refractivity contribution in [1.29, 1.82) is 0 Å². The molecule has 0 aliphatic rings. The predicted octanol–water partition coefficient (Wildman–Crippen LogP) is 3.01. The van der Waals surface area contributed by atoms with E-state index in [-0.39, 0.29) is 17.5 Å². The number of nitro groups is 1. The van der Waals surface area contributed by atoms with Crippen molar-refractivity contribution in [2.75, 3.05) is 6.61 Å². The molecular weight excluding hydrogens is 264 g/mol. The predicted molar refractivity (Wildman–Crippen MR) is 75.4 cm³/mol. The molecule has 1 aromatic heterocycles. The molecule has 19 heavy (non-hydrogen) atoms. The molecule has 0 saturated carbocycles. The lowest BCUT2D eigenvalue weighted by Gasteiger charge is -2.11. The minimum absolute atomic E-state index is 0.0217. The number of pyridine rings is 1. The summed E-state index contributed by atoms with van der Waals surface area (Å²) in [7, 11) is 0. The molecule has 0 aliphatic carbocycles. The Kier molecular flexibility index (Phi) is 4.34. The van der Waals surface area contributed by atoms with E-state index in [0.29, 0.717) is 11.3 Å². The van der Waals surface area contributed by atoms with E-state index >= 15 is 0 Å². The summed E-state index contributed by atoms with van der Waals surface area (Å²) in [5.74, 6) is 0. The van der Waals surface area contributed by atoms with Crippen molar-refractivity contribution in [3.63, 3.8) is 0 Å². The van der Waals surface area contributed by atoms with E-state index in [4.69, 9.17) is 5.11 Å². The molecule has 5 nitrogen and oxygen atoms in total. The summed E-state index contributed by atoms with van der Waals surface area (Å²) >= 11 is 1.41. The lowest BCUT2D eigenvalue weighted by Crippen LogP contribution is -2.01. The molecule has 1 unspecified atom stereocenters. The van der Waals surface area contributed by atoms with E-state index in [0.717, 1.165) is 10.9 Å². The van der Waals surface area contributed by atoms with Crippen LogP contribution in [0.5, 0.6) is 0 Å². The molecule has 0 amide bonds. The molecule has 0 bridgehead atoms. The van der Waals surface area contributed by atoms with Crippen LogP contribution in [0.1, 0.15) is 13.3 Å². The third-order valence-corrected chi connectivity index (χ3v) is 4.06. The molecule has 0 fully saturated rings. The van der Waals surface area contributed by atoms with Crippen molar-refractivity contribution >= 4 is 28.4 Å². The second kappa shape index (κ2) is 5.99. The first-order valence-electron chi connectivity index (χ1n) is 5.93. The van der Waals surface area contributed by atoms with Crippen molar-refractivity contribution in [2.24, 2.45) is 0 Å². The molecule has 100 valence electrons. The van der Waals surface area contributed by atoms with Crippen molar-refractivity contribution < 1.29 is 10.0 Å². The average molecular weight is 278 g/mol. The van der Waals surface area contributed by atoms with Crippen molar-refractivity contribution in [1.82, 2.24) is 4.98 Å². The van der Waals surface area contributed by atoms with Gasteiger partial charge in [-0.05, 0) is 12.5 Å². The highest BCUT2D eigenvalue weighted by molar-refractivity contribution is 8.00. The molecule has 6 heteroatoms. The minimum atomic E-state index is -0.409. The highest BCUT2D eigenvalue weighted by Crippen LogP contribution is 2.37. The van der Waals surface area contributed by atoms with Crippen LogP contribution in [-0.4, -0.2) is 26.9 Å². The summed E-state index contributed by atoms with van der Waals surface area (Å²) in [5.41, 5.74) is 0.764. The third kappa shape index (κ3) is 3.02. The van der Waals surface area contributed by atoms with Crippen LogP contribution >= 0.6 is 11.8 Å². The second-order valence-electron chi connectivity index (χ2n) is 4.19. The van der Waals surface area contributed by atoms with Crippen LogP contribution < -0.4 is 0 Å². The number of aromatic nitrogens is 1.